The third-order valence-corrected chi connectivity index (χ3v) is 2.94. The van der Waals surface area contributed by atoms with Crippen molar-refractivity contribution in [2.75, 3.05) is 0 Å². The first kappa shape index (κ1) is 10.9. The summed E-state index contributed by atoms with van der Waals surface area (Å²) < 4.78 is 0. The van der Waals surface area contributed by atoms with Crippen molar-refractivity contribution < 1.29 is 0 Å². The summed E-state index contributed by atoms with van der Waals surface area (Å²) in [5, 5.41) is 1.55. The number of halogens is 2. The maximum atomic E-state index is 6.01. The number of aryl methyl sites for hydroxylation is 1. The summed E-state index contributed by atoms with van der Waals surface area (Å²) in [6.07, 6.45) is 3.45. The molecule has 0 aromatic heterocycles. The Morgan fingerprint density at radius 3 is 2.15 bits per heavy atom. The van der Waals surface area contributed by atoms with Gasteiger partial charge in [0.1, 0.15) is 0 Å². The van der Waals surface area contributed by atoms with Crippen LogP contribution >= 0.6 is 23.2 Å². The lowest BCUT2D eigenvalue weighted by molar-refractivity contribution is 0.795. The van der Waals surface area contributed by atoms with Crippen molar-refractivity contribution in [3.63, 3.8) is 0 Å². The Balaban J connectivity index is 2.86. The molecule has 0 spiro atoms. The molecule has 0 nitrogen and oxygen atoms in total. The van der Waals surface area contributed by atoms with E-state index in [4.69, 9.17) is 23.2 Å². The first-order valence-corrected chi connectivity index (χ1v) is 5.35. The minimum absolute atomic E-state index is 0.776. The van der Waals surface area contributed by atoms with E-state index in [1.807, 2.05) is 19.1 Å². The number of hydrogen-bond acceptors (Lipinski definition) is 0. The largest absolute Gasteiger partial charge is 0.0840 e. The molecule has 1 rings (SSSR count). The van der Waals surface area contributed by atoms with Gasteiger partial charge in [0, 0.05) is 10.0 Å². The van der Waals surface area contributed by atoms with Crippen LogP contribution in [0.3, 0.4) is 0 Å². The lowest BCUT2D eigenvalue weighted by Gasteiger charge is -2.05. The molecule has 0 unspecified atom stereocenters. The maximum Gasteiger partial charge on any atom is 0.0452 e. The summed E-state index contributed by atoms with van der Waals surface area (Å²) in [6.45, 7) is 4.12. The van der Waals surface area contributed by atoms with E-state index in [9.17, 15) is 0 Å². The molecule has 0 amide bonds. The minimum atomic E-state index is 0.776. The average Bonchev–Trinajstić information content (AvgIpc) is 2.10. The quantitative estimate of drug-likeness (QED) is 0.691. The number of hydrogen-bond donors (Lipinski definition) is 0. The van der Waals surface area contributed by atoms with E-state index in [0.29, 0.717) is 0 Å². The zero-order valence-electron chi connectivity index (χ0n) is 8.03. The van der Waals surface area contributed by atoms with Gasteiger partial charge in [0.25, 0.3) is 0 Å². The van der Waals surface area contributed by atoms with Crippen LogP contribution < -0.4 is 0 Å². The van der Waals surface area contributed by atoms with Crippen LogP contribution in [0.15, 0.2) is 12.1 Å². The molecule has 2 heteroatoms. The van der Waals surface area contributed by atoms with Crippen LogP contribution in [0.25, 0.3) is 0 Å². The molecule has 0 heterocycles. The van der Waals surface area contributed by atoms with Crippen LogP contribution in [-0.2, 0) is 6.42 Å². The fraction of sp³-hybridized carbons (Fsp3) is 0.455. The first-order chi connectivity index (χ1) is 6.15. The lowest BCUT2D eigenvalue weighted by atomic mass is 10.1. The Hall–Kier alpha value is -0.200. The molecule has 1 aromatic rings. The second kappa shape index (κ2) is 4.88. The van der Waals surface area contributed by atoms with Crippen LogP contribution in [0, 0.1) is 6.92 Å². The molecule has 0 atom stereocenters. The number of unbranched alkanes of at least 4 members (excludes halogenated alkanes) is 1. The molecule has 0 aliphatic rings. The van der Waals surface area contributed by atoms with Gasteiger partial charge in [0.2, 0.25) is 0 Å². The summed E-state index contributed by atoms with van der Waals surface area (Å²) in [7, 11) is 0. The molecule has 0 N–H and O–H groups in total. The van der Waals surface area contributed by atoms with Gasteiger partial charge in [-0.05, 0) is 43.0 Å². The van der Waals surface area contributed by atoms with E-state index in [1.54, 1.807) is 0 Å². The van der Waals surface area contributed by atoms with Gasteiger partial charge in [-0.1, -0.05) is 36.5 Å². The van der Waals surface area contributed by atoms with Crippen LogP contribution in [-0.4, -0.2) is 0 Å². The molecular weight excluding hydrogens is 203 g/mol. The van der Waals surface area contributed by atoms with Crippen molar-refractivity contribution in [1.29, 1.82) is 0 Å². The highest BCUT2D eigenvalue weighted by Gasteiger charge is 2.03. The predicted octanol–water partition coefficient (Wildman–Crippen LogP) is 4.64. The topological polar surface area (TPSA) is 0 Å². The van der Waals surface area contributed by atoms with E-state index >= 15 is 0 Å². The minimum Gasteiger partial charge on any atom is -0.0840 e. The maximum absolute atomic E-state index is 6.01. The molecule has 0 bridgehead atoms. The van der Waals surface area contributed by atoms with Gasteiger partial charge in [0.15, 0.2) is 0 Å². The highest BCUT2D eigenvalue weighted by Crippen LogP contribution is 2.26. The Morgan fingerprint density at radius 2 is 1.69 bits per heavy atom. The van der Waals surface area contributed by atoms with Crippen molar-refractivity contribution in [1.82, 2.24) is 0 Å². The molecule has 0 aliphatic heterocycles. The second-order valence-corrected chi connectivity index (χ2v) is 4.10. The van der Waals surface area contributed by atoms with Crippen LogP contribution in [0.2, 0.25) is 10.0 Å². The third kappa shape index (κ3) is 2.89. The highest BCUT2D eigenvalue weighted by atomic mass is 35.5. The van der Waals surface area contributed by atoms with Crippen LogP contribution in [0.1, 0.15) is 30.9 Å². The zero-order chi connectivity index (χ0) is 9.84. The van der Waals surface area contributed by atoms with Crippen LogP contribution in [0.4, 0.5) is 0 Å². The standard InChI is InChI=1S/C11H14Cl2/c1-3-4-5-9-6-10(12)8(2)11(13)7-9/h6-7H,3-5H2,1-2H3. The molecule has 0 saturated carbocycles. The SMILES string of the molecule is CCCCc1cc(Cl)c(C)c(Cl)c1. The Bertz CT molecular complexity index is 269. The van der Waals surface area contributed by atoms with E-state index in [2.05, 4.69) is 6.92 Å². The Kier molecular flexibility index (Phi) is 4.08. The predicted molar refractivity (Wildman–Crippen MR) is 59.8 cm³/mol. The van der Waals surface area contributed by atoms with Gasteiger partial charge in [-0.2, -0.15) is 0 Å². The normalized spacial score (nSPS) is 10.5. The molecular formula is C11H14Cl2. The summed E-state index contributed by atoms with van der Waals surface area (Å²) in [5.74, 6) is 0. The van der Waals surface area contributed by atoms with E-state index in [-0.39, 0.29) is 0 Å². The zero-order valence-corrected chi connectivity index (χ0v) is 9.54. The number of benzene rings is 1. The monoisotopic (exact) mass is 216 g/mol. The molecule has 0 radical (unpaired) electrons. The van der Waals surface area contributed by atoms with Crippen molar-refractivity contribution >= 4 is 23.2 Å². The van der Waals surface area contributed by atoms with Gasteiger partial charge >= 0.3 is 0 Å². The molecule has 1 aromatic carbocycles. The van der Waals surface area contributed by atoms with Crippen molar-refractivity contribution in [2.24, 2.45) is 0 Å². The van der Waals surface area contributed by atoms with E-state index < -0.39 is 0 Å². The fourth-order valence-electron chi connectivity index (χ4n) is 1.22. The summed E-state index contributed by atoms with van der Waals surface area (Å²) in [5.41, 5.74) is 2.21. The average molecular weight is 217 g/mol. The fourth-order valence-corrected chi connectivity index (χ4v) is 1.76. The van der Waals surface area contributed by atoms with Gasteiger partial charge in [-0.15, -0.1) is 0 Å². The van der Waals surface area contributed by atoms with E-state index in [1.165, 1.54) is 18.4 Å². The number of rotatable bonds is 3. The van der Waals surface area contributed by atoms with Crippen molar-refractivity contribution in [3.05, 3.63) is 33.3 Å². The van der Waals surface area contributed by atoms with Crippen molar-refractivity contribution in [2.45, 2.75) is 33.1 Å². The Labute approximate surface area is 89.9 Å². The third-order valence-electron chi connectivity index (χ3n) is 2.16. The lowest BCUT2D eigenvalue weighted by Crippen LogP contribution is -1.87. The summed E-state index contributed by atoms with van der Waals surface area (Å²) >= 11 is 12.0. The molecule has 13 heavy (non-hydrogen) atoms. The molecule has 0 aliphatic carbocycles. The van der Waals surface area contributed by atoms with E-state index in [0.717, 1.165) is 22.0 Å². The summed E-state index contributed by atoms with van der Waals surface area (Å²) in [4.78, 5) is 0. The highest BCUT2D eigenvalue weighted by molar-refractivity contribution is 6.36. The summed E-state index contributed by atoms with van der Waals surface area (Å²) in [6, 6.07) is 4.02. The Morgan fingerprint density at radius 1 is 1.15 bits per heavy atom. The first-order valence-electron chi connectivity index (χ1n) is 4.59. The van der Waals surface area contributed by atoms with Crippen LogP contribution in [0.5, 0.6) is 0 Å². The molecule has 72 valence electrons. The van der Waals surface area contributed by atoms with Gasteiger partial charge in [-0.3, -0.25) is 0 Å². The van der Waals surface area contributed by atoms with Gasteiger partial charge in [0.05, 0.1) is 0 Å². The molecule has 0 fully saturated rings. The second-order valence-electron chi connectivity index (χ2n) is 3.29. The van der Waals surface area contributed by atoms with Crippen molar-refractivity contribution in [3.8, 4) is 0 Å². The van der Waals surface area contributed by atoms with Gasteiger partial charge < -0.3 is 0 Å². The molecule has 0 saturated heterocycles. The van der Waals surface area contributed by atoms with Gasteiger partial charge in [-0.25, -0.2) is 0 Å². The smallest absolute Gasteiger partial charge is 0.0452 e.